The highest BCUT2D eigenvalue weighted by Gasteiger charge is 2.11. The molecule has 0 aliphatic heterocycles. The maximum Gasteiger partial charge on any atom is 0.331 e. The van der Waals surface area contributed by atoms with Gasteiger partial charge in [0, 0.05) is 19.3 Å². The molecule has 1 heterocycles. The van der Waals surface area contributed by atoms with E-state index < -0.39 is 0 Å². The van der Waals surface area contributed by atoms with Crippen LogP contribution in [0.15, 0.2) is 21.9 Å². The number of alkyl halides is 1. The largest absolute Gasteiger partial charge is 0.331 e. The van der Waals surface area contributed by atoms with Crippen LogP contribution in [-0.4, -0.2) is 9.13 Å². The lowest BCUT2D eigenvalue weighted by atomic mass is 10.3. The molecule has 1 aromatic heterocycles. The molecule has 0 saturated carbocycles. The van der Waals surface area contributed by atoms with Gasteiger partial charge in [-0.1, -0.05) is 29.3 Å². The van der Waals surface area contributed by atoms with Crippen molar-refractivity contribution in [3.05, 3.63) is 33.1 Å². The van der Waals surface area contributed by atoms with Gasteiger partial charge >= 0.3 is 5.69 Å². The molecule has 0 saturated heterocycles. The molecule has 78 valence electrons. The Bertz CT molecular complexity index is 422. The van der Waals surface area contributed by atoms with E-state index in [0.717, 1.165) is 12.8 Å². The second kappa shape index (κ2) is 4.59. The first-order valence-electron chi connectivity index (χ1n) is 4.50. The number of nitrogens with zero attached hydrogens (tertiary/aromatic N) is 2. The van der Waals surface area contributed by atoms with Gasteiger partial charge in [-0.3, -0.25) is 4.79 Å². The minimum atomic E-state index is -0.284. The Morgan fingerprint density at radius 2 is 2.14 bits per heavy atom. The molecular weight excluding hydrogens is 248 g/mol. The van der Waals surface area contributed by atoms with Gasteiger partial charge in [0.05, 0.1) is 4.95 Å². The average molecular weight is 261 g/mol. The highest BCUT2D eigenvalue weighted by molar-refractivity contribution is 9.09. The number of aryl methyl sites for hydroxylation is 1. The summed E-state index contributed by atoms with van der Waals surface area (Å²) in [5.41, 5.74) is -0.545. The van der Waals surface area contributed by atoms with Crippen molar-refractivity contribution in [3.63, 3.8) is 0 Å². The van der Waals surface area contributed by atoms with Crippen LogP contribution in [0.3, 0.4) is 0 Å². The molecule has 5 heteroatoms. The first-order chi connectivity index (χ1) is 6.57. The van der Waals surface area contributed by atoms with Gasteiger partial charge in [-0.15, -0.1) is 0 Å². The normalized spacial score (nSPS) is 12.8. The van der Waals surface area contributed by atoms with E-state index in [2.05, 4.69) is 15.9 Å². The summed E-state index contributed by atoms with van der Waals surface area (Å²) in [6, 6.07) is 1.39. The fourth-order valence-corrected chi connectivity index (χ4v) is 2.04. The van der Waals surface area contributed by atoms with Gasteiger partial charge in [-0.2, -0.15) is 0 Å². The molecule has 0 bridgehead atoms. The van der Waals surface area contributed by atoms with Gasteiger partial charge in [0.15, 0.2) is 0 Å². The molecule has 0 aromatic carbocycles. The number of hydrogen-bond donors (Lipinski definition) is 0. The smallest absolute Gasteiger partial charge is 0.303 e. The molecule has 0 fully saturated rings. The zero-order valence-electron chi connectivity index (χ0n) is 8.24. The van der Waals surface area contributed by atoms with Crippen LogP contribution in [0, 0.1) is 0 Å². The molecule has 0 aliphatic rings. The van der Waals surface area contributed by atoms with Crippen LogP contribution in [0.5, 0.6) is 0 Å². The second-order valence-corrected chi connectivity index (χ2v) is 4.20. The van der Waals surface area contributed by atoms with Gasteiger partial charge in [0.2, 0.25) is 0 Å². The molecule has 1 aromatic rings. The number of rotatable bonds is 3. The summed E-state index contributed by atoms with van der Waals surface area (Å²) in [5.74, 6) is 0. The van der Waals surface area contributed by atoms with Crippen molar-refractivity contribution in [2.24, 2.45) is 7.05 Å². The second-order valence-electron chi connectivity index (χ2n) is 3.14. The fraction of sp³-hybridized carbons (Fsp3) is 0.556. The average Bonchev–Trinajstić information content (AvgIpc) is 2.13. The van der Waals surface area contributed by atoms with E-state index in [1.165, 1.54) is 21.4 Å². The van der Waals surface area contributed by atoms with Crippen molar-refractivity contribution in [1.82, 2.24) is 9.13 Å². The van der Waals surface area contributed by atoms with Gasteiger partial charge in [-0.25, -0.2) is 9.36 Å². The summed E-state index contributed by atoms with van der Waals surface area (Å²) < 4.78 is 2.62. The Morgan fingerprint density at radius 1 is 1.50 bits per heavy atom. The van der Waals surface area contributed by atoms with E-state index in [1.54, 1.807) is 7.05 Å². The quantitative estimate of drug-likeness (QED) is 0.768. The molecule has 1 rings (SSSR count). The molecule has 1 unspecified atom stereocenters. The number of aromatic nitrogens is 2. The predicted octanol–water partition coefficient (Wildman–Crippen LogP) is 1.24. The van der Waals surface area contributed by atoms with Crippen LogP contribution in [0.4, 0.5) is 0 Å². The van der Waals surface area contributed by atoms with Crippen LogP contribution in [0.1, 0.15) is 24.7 Å². The van der Waals surface area contributed by atoms with Gasteiger partial charge in [0.25, 0.3) is 5.56 Å². The highest BCUT2D eigenvalue weighted by atomic mass is 79.9. The molecule has 14 heavy (non-hydrogen) atoms. The van der Waals surface area contributed by atoms with E-state index in [9.17, 15) is 9.59 Å². The molecule has 0 amide bonds. The zero-order valence-corrected chi connectivity index (χ0v) is 9.82. The highest BCUT2D eigenvalue weighted by Crippen LogP contribution is 2.16. The Labute approximate surface area is 90.3 Å². The van der Waals surface area contributed by atoms with E-state index in [-0.39, 0.29) is 16.2 Å². The molecule has 0 radical (unpaired) electrons. The standard InChI is InChI=1S/C9H13BrN2O2/c1-3-4-7(10)12-8(13)5-6-11(2)9(12)14/h5-7H,3-4H2,1-2H3. The van der Waals surface area contributed by atoms with Crippen molar-refractivity contribution >= 4 is 15.9 Å². The first kappa shape index (κ1) is 11.2. The molecule has 0 N–H and O–H groups in total. The monoisotopic (exact) mass is 260 g/mol. The fourth-order valence-electron chi connectivity index (χ4n) is 1.21. The van der Waals surface area contributed by atoms with Crippen molar-refractivity contribution in [2.45, 2.75) is 24.7 Å². The lowest BCUT2D eigenvalue weighted by Crippen LogP contribution is -2.38. The van der Waals surface area contributed by atoms with Gasteiger partial charge in [0.1, 0.15) is 0 Å². The van der Waals surface area contributed by atoms with Crippen LogP contribution >= 0.6 is 15.9 Å². The van der Waals surface area contributed by atoms with E-state index >= 15 is 0 Å². The number of halogens is 1. The van der Waals surface area contributed by atoms with E-state index in [4.69, 9.17) is 0 Å². The third-order valence-electron chi connectivity index (χ3n) is 1.99. The lowest BCUT2D eigenvalue weighted by molar-refractivity contribution is 0.551. The topological polar surface area (TPSA) is 44.0 Å². The minimum absolute atomic E-state index is 0.208. The lowest BCUT2D eigenvalue weighted by Gasteiger charge is -2.11. The van der Waals surface area contributed by atoms with Gasteiger partial charge in [-0.05, 0) is 6.42 Å². The van der Waals surface area contributed by atoms with E-state index in [1.807, 2.05) is 6.92 Å². The zero-order chi connectivity index (χ0) is 10.7. The molecule has 4 nitrogen and oxygen atoms in total. The summed E-state index contributed by atoms with van der Waals surface area (Å²) >= 11 is 3.33. The molecular formula is C9H13BrN2O2. The van der Waals surface area contributed by atoms with Crippen molar-refractivity contribution < 1.29 is 0 Å². The molecule has 1 atom stereocenters. The van der Waals surface area contributed by atoms with E-state index in [0.29, 0.717) is 0 Å². The minimum Gasteiger partial charge on any atom is -0.303 e. The van der Waals surface area contributed by atoms with Crippen LogP contribution in [0.2, 0.25) is 0 Å². The Kier molecular flexibility index (Phi) is 3.69. The van der Waals surface area contributed by atoms with Crippen LogP contribution < -0.4 is 11.2 Å². The van der Waals surface area contributed by atoms with Crippen LogP contribution in [-0.2, 0) is 7.05 Å². The summed E-state index contributed by atoms with van der Waals surface area (Å²) in [6.45, 7) is 2.01. The third kappa shape index (κ3) is 2.15. The summed E-state index contributed by atoms with van der Waals surface area (Å²) in [4.78, 5) is 22.8. The molecule has 0 spiro atoms. The maximum absolute atomic E-state index is 11.6. The van der Waals surface area contributed by atoms with Crippen molar-refractivity contribution in [2.75, 3.05) is 0 Å². The first-order valence-corrected chi connectivity index (χ1v) is 5.41. The summed E-state index contributed by atoms with van der Waals surface area (Å²) in [6.07, 6.45) is 3.16. The summed E-state index contributed by atoms with van der Waals surface area (Å²) in [7, 11) is 1.63. The predicted molar refractivity (Wildman–Crippen MR) is 58.8 cm³/mol. The Balaban J connectivity index is 3.26. The SMILES string of the molecule is CCCC(Br)n1c(=O)ccn(C)c1=O. The Hall–Kier alpha value is -0.840. The number of hydrogen-bond acceptors (Lipinski definition) is 2. The van der Waals surface area contributed by atoms with Crippen LogP contribution in [0.25, 0.3) is 0 Å². The molecule has 0 aliphatic carbocycles. The maximum atomic E-state index is 11.6. The third-order valence-corrected chi connectivity index (χ3v) is 2.86. The summed E-state index contributed by atoms with van der Waals surface area (Å²) in [5, 5.41) is 0. The van der Waals surface area contributed by atoms with Gasteiger partial charge < -0.3 is 4.57 Å². The van der Waals surface area contributed by atoms with Crippen molar-refractivity contribution in [1.29, 1.82) is 0 Å². The van der Waals surface area contributed by atoms with Crippen molar-refractivity contribution in [3.8, 4) is 0 Å². The Morgan fingerprint density at radius 3 is 2.71 bits per heavy atom.